The number of aryl methyl sites for hydroxylation is 2. The Kier molecular flexibility index (Phi) is 8.74. The summed E-state index contributed by atoms with van der Waals surface area (Å²) in [4.78, 5) is 39.1. The molecule has 0 saturated heterocycles. The van der Waals surface area contributed by atoms with Gasteiger partial charge in [-0.2, -0.15) is 0 Å². The molecule has 0 heterocycles. The van der Waals surface area contributed by atoms with Gasteiger partial charge in [0.05, 0.1) is 18.8 Å². The third kappa shape index (κ3) is 5.24. The van der Waals surface area contributed by atoms with Crippen LogP contribution in [0.5, 0.6) is 5.75 Å². The van der Waals surface area contributed by atoms with Crippen LogP contribution in [0.2, 0.25) is 0 Å². The molecule has 0 unspecified atom stereocenters. The number of carbonyl (C=O) groups is 3. The minimum atomic E-state index is -1.68. The molecule has 0 saturated carbocycles. The highest BCUT2D eigenvalue weighted by Gasteiger charge is 2.55. The molecule has 1 aliphatic rings. The van der Waals surface area contributed by atoms with Gasteiger partial charge in [-0.15, -0.1) is 0 Å². The van der Waals surface area contributed by atoms with Crippen molar-refractivity contribution in [1.29, 1.82) is 0 Å². The maximum absolute atomic E-state index is 13.3. The first kappa shape index (κ1) is 28.6. The van der Waals surface area contributed by atoms with Gasteiger partial charge in [0, 0.05) is 35.1 Å². The number of fused-ring (bicyclic) bond motifs is 1. The number of phenolic OH excluding ortho intramolecular Hbond substituents is 1. The van der Waals surface area contributed by atoms with Crippen molar-refractivity contribution in [3.8, 4) is 28.7 Å². The summed E-state index contributed by atoms with van der Waals surface area (Å²) in [5, 5.41) is 11.4. The molecule has 3 aromatic carbocycles. The largest absolute Gasteiger partial charge is 0.507 e. The molecule has 0 aromatic heterocycles. The number of carbonyl (C=O) groups excluding carboxylic acids is 3. The van der Waals surface area contributed by atoms with Crippen LogP contribution in [0.25, 0.3) is 11.1 Å². The highest BCUT2D eigenvalue weighted by molar-refractivity contribution is 6.03. The molecule has 1 N–H and O–H groups in total. The third-order valence-electron chi connectivity index (χ3n) is 7.48. The van der Waals surface area contributed by atoms with Gasteiger partial charge < -0.3 is 14.6 Å². The lowest BCUT2D eigenvalue weighted by Crippen LogP contribution is -2.43. The fourth-order valence-corrected chi connectivity index (χ4v) is 5.24. The van der Waals surface area contributed by atoms with E-state index in [-0.39, 0.29) is 37.4 Å². The number of rotatable bonds is 8. The number of ether oxygens (including phenoxy) is 2. The molecule has 4 rings (SSSR count). The summed E-state index contributed by atoms with van der Waals surface area (Å²) >= 11 is 0. The first-order valence-corrected chi connectivity index (χ1v) is 13.7. The summed E-state index contributed by atoms with van der Waals surface area (Å²) in [6, 6.07) is 15.6. The zero-order valence-electron chi connectivity index (χ0n) is 23.4. The first-order chi connectivity index (χ1) is 19.3. The van der Waals surface area contributed by atoms with Crippen LogP contribution in [-0.2, 0) is 44.7 Å². The molecule has 0 spiro atoms. The Labute approximate surface area is 235 Å². The van der Waals surface area contributed by atoms with Gasteiger partial charge in [-0.05, 0) is 61.1 Å². The second-order valence-electron chi connectivity index (χ2n) is 9.81. The fourth-order valence-electron chi connectivity index (χ4n) is 5.24. The van der Waals surface area contributed by atoms with Crippen LogP contribution in [0, 0.1) is 17.3 Å². The van der Waals surface area contributed by atoms with Gasteiger partial charge in [-0.1, -0.05) is 62.1 Å². The molecule has 3 aromatic rings. The van der Waals surface area contributed by atoms with Crippen LogP contribution in [0.4, 0.5) is 0 Å². The molecule has 6 nitrogen and oxygen atoms in total. The van der Waals surface area contributed by atoms with Gasteiger partial charge in [0.15, 0.2) is 11.7 Å². The summed E-state index contributed by atoms with van der Waals surface area (Å²) in [6.45, 7) is 7.63. The highest BCUT2D eigenvalue weighted by Crippen LogP contribution is 2.49. The lowest BCUT2D eigenvalue weighted by Gasteiger charge is -2.24. The van der Waals surface area contributed by atoms with Gasteiger partial charge in [-0.25, -0.2) is 0 Å². The van der Waals surface area contributed by atoms with E-state index in [0.717, 1.165) is 24.0 Å². The molecule has 0 fully saturated rings. The van der Waals surface area contributed by atoms with Crippen molar-refractivity contribution in [2.45, 2.75) is 53.4 Å². The third-order valence-corrected chi connectivity index (χ3v) is 7.48. The second-order valence-corrected chi connectivity index (χ2v) is 9.81. The quantitative estimate of drug-likeness (QED) is 0.174. The number of hydrogen-bond donors (Lipinski definition) is 1. The molecule has 40 heavy (non-hydrogen) atoms. The van der Waals surface area contributed by atoms with Crippen molar-refractivity contribution in [3.63, 3.8) is 0 Å². The number of esters is 2. The van der Waals surface area contributed by atoms with Crippen LogP contribution < -0.4 is 0 Å². The number of aldehydes is 1. The van der Waals surface area contributed by atoms with E-state index in [1.807, 2.05) is 48.5 Å². The van der Waals surface area contributed by atoms with Crippen LogP contribution in [-0.4, -0.2) is 36.5 Å². The van der Waals surface area contributed by atoms with Crippen molar-refractivity contribution in [2.75, 3.05) is 13.2 Å². The number of aromatic hydroxyl groups is 1. The van der Waals surface area contributed by atoms with Crippen LogP contribution in [0.3, 0.4) is 0 Å². The first-order valence-electron chi connectivity index (χ1n) is 13.7. The van der Waals surface area contributed by atoms with E-state index in [9.17, 15) is 19.5 Å². The van der Waals surface area contributed by atoms with Crippen LogP contribution >= 0.6 is 0 Å². The predicted molar refractivity (Wildman–Crippen MR) is 153 cm³/mol. The summed E-state index contributed by atoms with van der Waals surface area (Å²) in [6.07, 6.45) is 2.14. The van der Waals surface area contributed by atoms with Gasteiger partial charge in [0.2, 0.25) is 0 Å². The van der Waals surface area contributed by atoms with Gasteiger partial charge in [0.25, 0.3) is 0 Å². The molecule has 0 amide bonds. The summed E-state index contributed by atoms with van der Waals surface area (Å²) < 4.78 is 10.7. The van der Waals surface area contributed by atoms with Crippen LogP contribution in [0.15, 0.2) is 48.5 Å². The monoisotopic (exact) mass is 538 g/mol. The topological polar surface area (TPSA) is 89.9 Å². The van der Waals surface area contributed by atoms with Gasteiger partial charge in [-0.3, -0.25) is 14.4 Å². The smallest absolute Gasteiger partial charge is 0.324 e. The Hall–Kier alpha value is -4.37. The van der Waals surface area contributed by atoms with Crippen molar-refractivity contribution >= 4 is 18.2 Å². The van der Waals surface area contributed by atoms with E-state index in [1.54, 1.807) is 13.8 Å². The summed E-state index contributed by atoms with van der Waals surface area (Å²) in [5.41, 5.74) is 4.00. The Balaban J connectivity index is 2.00. The van der Waals surface area contributed by atoms with Crippen LogP contribution in [0.1, 0.15) is 71.4 Å². The minimum Gasteiger partial charge on any atom is -0.507 e. The van der Waals surface area contributed by atoms with E-state index < -0.39 is 17.4 Å². The zero-order valence-corrected chi connectivity index (χ0v) is 23.4. The van der Waals surface area contributed by atoms with Gasteiger partial charge >= 0.3 is 11.9 Å². The van der Waals surface area contributed by atoms with E-state index in [0.29, 0.717) is 34.1 Å². The zero-order chi connectivity index (χ0) is 28.9. The second kappa shape index (κ2) is 12.2. The lowest BCUT2D eigenvalue weighted by molar-refractivity contribution is -0.171. The van der Waals surface area contributed by atoms with E-state index in [2.05, 4.69) is 25.7 Å². The summed E-state index contributed by atoms with van der Waals surface area (Å²) in [7, 11) is 0. The lowest BCUT2D eigenvalue weighted by atomic mass is 9.84. The Morgan fingerprint density at radius 1 is 0.825 bits per heavy atom. The predicted octanol–water partition coefficient (Wildman–Crippen LogP) is 5.61. The van der Waals surface area contributed by atoms with E-state index >= 15 is 0 Å². The van der Waals surface area contributed by atoms with E-state index in [4.69, 9.17) is 9.47 Å². The fraction of sp³-hybridized carbons (Fsp3) is 0.324. The molecule has 0 atom stereocenters. The number of benzene rings is 3. The van der Waals surface area contributed by atoms with Crippen molar-refractivity contribution in [1.82, 2.24) is 0 Å². The van der Waals surface area contributed by atoms with Crippen molar-refractivity contribution < 1.29 is 29.0 Å². The Morgan fingerprint density at radius 3 is 1.85 bits per heavy atom. The minimum absolute atomic E-state index is 0.0640. The molecule has 206 valence electrons. The Morgan fingerprint density at radius 2 is 1.35 bits per heavy atom. The maximum Gasteiger partial charge on any atom is 0.324 e. The molecule has 0 radical (unpaired) electrons. The van der Waals surface area contributed by atoms with Crippen molar-refractivity contribution in [2.24, 2.45) is 5.41 Å². The van der Waals surface area contributed by atoms with E-state index in [1.165, 1.54) is 5.56 Å². The van der Waals surface area contributed by atoms with Gasteiger partial charge in [0.1, 0.15) is 5.75 Å². The SMILES string of the molecule is CCOC(=O)C1(C(=O)OCC)Cc2c(O)c(C=O)c(-c3ccc(CC)cc3)c(C#Cc3ccc(CC)cc3)c2C1. The standard InChI is InChI=1S/C34H34O6/c1-5-22-9-11-24(12-10-22)15-18-26-27-19-34(32(37)39-7-3,33(38)40-8-4)20-28(27)31(36)29(21-35)30(26)25-16-13-23(6-2)14-17-25/h9-14,16-17,21,36H,5-8,19-20H2,1-4H3. The number of phenols is 1. The average Bonchev–Trinajstić information content (AvgIpc) is 3.40. The average molecular weight is 539 g/mol. The van der Waals surface area contributed by atoms with Crippen molar-refractivity contribution in [3.05, 3.63) is 87.5 Å². The maximum atomic E-state index is 13.3. The highest BCUT2D eigenvalue weighted by atomic mass is 16.6. The summed E-state index contributed by atoms with van der Waals surface area (Å²) in [5.74, 6) is 4.75. The number of hydrogen-bond acceptors (Lipinski definition) is 6. The molecular formula is C34H34O6. The molecule has 1 aliphatic carbocycles. The normalized spacial score (nSPS) is 13.1. The molecule has 6 heteroatoms. The molecule has 0 bridgehead atoms. The molecule has 0 aliphatic heterocycles. The Bertz CT molecular complexity index is 1470. The molecular weight excluding hydrogens is 504 g/mol.